The molecule has 0 aliphatic carbocycles. The van der Waals surface area contributed by atoms with Gasteiger partial charge in [-0.05, 0) is 0 Å². The molecule has 0 amide bonds. The number of halogens is 2. The summed E-state index contributed by atoms with van der Waals surface area (Å²) in [6.45, 7) is 0. The highest BCUT2D eigenvalue weighted by molar-refractivity contribution is 5.35. The summed E-state index contributed by atoms with van der Waals surface area (Å²) in [4.78, 5) is 2.43. The summed E-state index contributed by atoms with van der Waals surface area (Å²) in [5.41, 5.74) is -0.225. The highest BCUT2D eigenvalue weighted by Crippen LogP contribution is 2.21. The van der Waals surface area contributed by atoms with Crippen LogP contribution in [-0.4, -0.2) is 4.98 Å². The highest BCUT2D eigenvalue weighted by Gasteiger charge is 2.12. The third-order valence-corrected chi connectivity index (χ3v) is 1.13. The Morgan fingerprint density at radius 2 is 2.20 bits per heavy atom. The number of hydrogen-bond donors (Lipinski definition) is 1. The van der Waals surface area contributed by atoms with Crippen LogP contribution in [0.1, 0.15) is 17.6 Å². The Balaban J connectivity index is 3.05. The maximum Gasteiger partial charge on any atom is 0.266 e. The van der Waals surface area contributed by atoms with Gasteiger partial charge in [-0.2, -0.15) is 5.26 Å². The predicted octanol–water partition coefficient (Wildman–Crippen LogP) is 1.82. The summed E-state index contributed by atoms with van der Waals surface area (Å²) in [5, 5.41) is 8.25. The molecular formula is C6H4F2N2. The van der Waals surface area contributed by atoms with Crippen LogP contribution in [0.25, 0.3) is 0 Å². The summed E-state index contributed by atoms with van der Waals surface area (Å²) < 4.78 is 23.8. The van der Waals surface area contributed by atoms with Gasteiger partial charge in [-0.3, -0.25) is 0 Å². The molecule has 0 unspecified atom stereocenters. The number of aromatic nitrogens is 1. The van der Waals surface area contributed by atoms with Gasteiger partial charge in [0.15, 0.2) is 0 Å². The number of alkyl halides is 2. The molecule has 0 aliphatic rings. The van der Waals surface area contributed by atoms with Crippen LogP contribution in [0.4, 0.5) is 8.78 Å². The van der Waals surface area contributed by atoms with Gasteiger partial charge in [0.2, 0.25) is 0 Å². The summed E-state index contributed by atoms with van der Waals surface area (Å²) in [6.07, 6.45) is -0.189. The minimum atomic E-state index is -2.57. The molecule has 1 heterocycles. The maximum absolute atomic E-state index is 11.9. The molecule has 1 N–H and O–H groups in total. The molecule has 1 aromatic heterocycles. The van der Waals surface area contributed by atoms with Crippen LogP contribution in [0.15, 0.2) is 12.4 Å². The smallest absolute Gasteiger partial charge is 0.266 e. The van der Waals surface area contributed by atoms with Crippen molar-refractivity contribution in [2.45, 2.75) is 6.43 Å². The second-order valence-corrected chi connectivity index (χ2v) is 1.74. The van der Waals surface area contributed by atoms with Crippen molar-refractivity contribution >= 4 is 0 Å². The van der Waals surface area contributed by atoms with Crippen LogP contribution in [0.2, 0.25) is 0 Å². The van der Waals surface area contributed by atoms with Crippen molar-refractivity contribution in [1.29, 1.82) is 5.26 Å². The Morgan fingerprint density at radius 3 is 2.60 bits per heavy atom. The molecule has 1 aromatic rings. The van der Waals surface area contributed by atoms with Crippen molar-refractivity contribution in [3.63, 3.8) is 0 Å². The van der Waals surface area contributed by atoms with E-state index in [4.69, 9.17) is 5.26 Å². The van der Waals surface area contributed by atoms with E-state index in [-0.39, 0.29) is 11.1 Å². The largest absolute Gasteiger partial charge is 0.366 e. The van der Waals surface area contributed by atoms with E-state index in [0.717, 1.165) is 6.20 Å². The molecule has 1 rings (SSSR count). The zero-order valence-corrected chi connectivity index (χ0v) is 4.94. The Kier molecular flexibility index (Phi) is 1.67. The van der Waals surface area contributed by atoms with Gasteiger partial charge in [0.25, 0.3) is 6.43 Å². The van der Waals surface area contributed by atoms with Crippen LogP contribution in [0, 0.1) is 11.3 Å². The number of hydrogen-bond acceptors (Lipinski definition) is 1. The average molecular weight is 142 g/mol. The molecule has 0 atom stereocenters. The standard InChI is InChI=1S/C6H4F2N2/c7-6(8)5-3-10-2-4(5)1-9/h2-3,6,10H. The van der Waals surface area contributed by atoms with E-state index in [1.165, 1.54) is 6.20 Å². The molecule has 0 aliphatic heterocycles. The van der Waals surface area contributed by atoms with Crippen molar-refractivity contribution in [3.05, 3.63) is 23.5 Å². The molecule has 0 spiro atoms. The zero-order chi connectivity index (χ0) is 7.56. The molecule has 10 heavy (non-hydrogen) atoms. The molecule has 0 saturated heterocycles. The summed E-state index contributed by atoms with van der Waals surface area (Å²) in [6, 6.07) is 1.65. The second-order valence-electron chi connectivity index (χ2n) is 1.74. The Morgan fingerprint density at radius 1 is 1.50 bits per heavy atom. The minimum absolute atomic E-state index is 0.00926. The third kappa shape index (κ3) is 0.982. The fourth-order valence-corrected chi connectivity index (χ4v) is 0.653. The first-order valence-corrected chi connectivity index (χ1v) is 2.60. The molecule has 0 bridgehead atoms. The van der Waals surface area contributed by atoms with E-state index in [1.54, 1.807) is 6.07 Å². The van der Waals surface area contributed by atoms with E-state index in [1.807, 2.05) is 0 Å². The van der Waals surface area contributed by atoms with E-state index in [2.05, 4.69) is 4.98 Å². The number of rotatable bonds is 1. The SMILES string of the molecule is N#Cc1c[nH]cc1C(F)F. The predicted molar refractivity (Wildman–Crippen MR) is 30.5 cm³/mol. The van der Waals surface area contributed by atoms with Crippen LogP contribution in [0.3, 0.4) is 0 Å². The van der Waals surface area contributed by atoms with E-state index < -0.39 is 6.43 Å². The van der Waals surface area contributed by atoms with Gasteiger partial charge >= 0.3 is 0 Å². The Bertz CT molecular complexity index is 259. The first kappa shape index (κ1) is 6.75. The zero-order valence-electron chi connectivity index (χ0n) is 4.94. The third-order valence-electron chi connectivity index (χ3n) is 1.13. The normalized spacial score (nSPS) is 9.80. The number of aromatic amines is 1. The van der Waals surface area contributed by atoms with Gasteiger partial charge in [0.1, 0.15) is 6.07 Å². The summed E-state index contributed by atoms with van der Waals surface area (Å²) in [5.74, 6) is 0. The molecule has 52 valence electrons. The second kappa shape index (κ2) is 2.48. The number of H-pyrrole nitrogens is 1. The van der Waals surface area contributed by atoms with Crippen LogP contribution in [-0.2, 0) is 0 Å². The minimum Gasteiger partial charge on any atom is -0.366 e. The average Bonchev–Trinajstić information content (AvgIpc) is 2.33. The van der Waals surface area contributed by atoms with Crippen LogP contribution < -0.4 is 0 Å². The fourth-order valence-electron chi connectivity index (χ4n) is 0.653. The van der Waals surface area contributed by atoms with Crippen molar-refractivity contribution < 1.29 is 8.78 Å². The molecule has 0 radical (unpaired) electrons. The van der Waals surface area contributed by atoms with Gasteiger partial charge < -0.3 is 4.98 Å². The molecule has 0 aromatic carbocycles. The first-order valence-electron chi connectivity index (χ1n) is 2.60. The van der Waals surface area contributed by atoms with Gasteiger partial charge in [0, 0.05) is 12.4 Å². The van der Waals surface area contributed by atoms with E-state index in [9.17, 15) is 8.78 Å². The quantitative estimate of drug-likeness (QED) is 0.638. The lowest BCUT2D eigenvalue weighted by Gasteiger charge is -1.91. The highest BCUT2D eigenvalue weighted by atomic mass is 19.3. The van der Waals surface area contributed by atoms with Crippen molar-refractivity contribution in [2.24, 2.45) is 0 Å². The number of nitrogens with zero attached hydrogens (tertiary/aromatic N) is 1. The number of nitriles is 1. The van der Waals surface area contributed by atoms with Gasteiger partial charge in [-0.25, -0.2) is 8.78 Å². The molecular weight excluding hydrogens is 138 g/mol. The van der Waals surface area contributed by atoms with Gasteiger partial charge in [-0.1, -0.05) is 0 Å². The molecule has 2 nitrogen and oxygen atoms in total. The maximum atomic E-state index is 11.9. The van der Waals surface area contributed by atoms with Crippen molar-refractivity contribution in [3.8, 4) is 6.07 Å². The molecule has 0 saturated carbocycles. The first-order chi connectivity index (χ1) is 4.75. The lowest BCUT2D eigenvalue weighted by Crippen LogP contribution is -1.82. The lowest BCUT2D eigenvalue weighted by molar-refractivity contribution is 0.151. The van der Waals surface area contributed by atoms with Gasteiger partial charge in [-0.15, -0.1) is 0 Å². The van der Waals surface area contributed by atoms with Crippen molar-refractivity contribution in [1.82, 2.24) is 4.98 Å². The summed E-state index contributed by atoms with van der Waals surface area (Å²) >= 11 is 0. The Hall–Kier alpha value is -1.37. The lowest BCUT2D eigenvalue weighted by atomic mass is 10.2. The fraction of sp³-hybridized carbons (Fsp3) is 0.167. The van der Waals surface area contributed by atoms with E-state index in [0.29, 0.717) is 0 Å². The Labute approximate surface area is 56.1 Å². The van der Waals surface area contributed by atoms with Crippen LogP contribution in [0.5, 0.6) is 0 Å². The van der Waals surface area contributed by atoms with E-state index >= 15 is 0 Å². The monoisotopic (exact) mass is 142 g/mol. The van der Waals surface area contributed by atoms with Crippen LogP contribution >= 0.6 is 0 Å². The topological polar surface area (TPSA) is 39.6 Å². The molecule has 0 fully saturated rings. The number of nitrogens with one attached hydrogen (secondary N) is 1. The van der Waals surface area contributed by atoms with Gasteiger partial charge in [0.05, 0.1) is 11.1 Å². The summed E-state index contributed by atoms with van der Waals surface area (Å²) in [7, 11) is 0. The molecule has 4 heteroatoms. The van der Waals surface area contributed by atoms with Crippen molar-refractivity contribution in [2.75, 3.05) is 0 Å².